The third-order valence-corrected chi connectivity index (χ3v) is 13.1. The lowest BCUT2D eigenvalue weighted by molar-refractivity contribution is 0.226. The van der Waals surface area contributed by atoms with Gasteiger partial charge in [-0.3, -0.25) is 9.97 Å². The summed E-state index contributed by atoms with van der Waals surface area (Å²) in [5.41, 5.74) is 7.91. The van der Waals surface area contributed by atoms with E-state index in [9.17, 15) is 0 Å². The molecular weight excluding hydrogens is 901 g/mol. The molecule has 0 spiro atoms. The smallest absolute Gasteiger partial charge is 0.204 e. The van der Waals surface area contributed by atoms with Crippen molar-refractivity contribution in [1.29, 1.82) is 0 Å². The van der Waals surface area contributed by atoms with E-state index in [0.717, 1.165) is 157 Å². The van der Waals surface area contributed by atoms with Crippen molar-refractivity contribution in [3.05, 3.63) is 121 Å². The fraction of sp³-hybridized carbons (Fsp3) is 0.360. The van der Waals surface area contributed by atoms with Crippen molar-refractivity contribution in [2.75, 3.05) is 73.6 Å². The lowest BCUT2D eigenvalue weighted by Gasteiger charge is -2.32. The lowest BCUT2D eigenvalue weighted by Crippen LogP contribution is -2.41. The normalized spacial score (nSPS) is 15.0. The Morgan fingerprint density at radius 2 is 0.986 bits per heavy atom. The molecule has 21 nitrogen and oxygen atoms in total. The minimum Gasteiger partial charge on any atom is -0.444 e. The number of benzene rings is 2. The molecule has 368 valence electrons. The zero-order chi connectivity index (χ0) is 47.2. The molecule has 0 saturated carbocycles. The number of fused-ring (bicyclic) bond motifs is 4. The van der Waals surface area contributed by atoms with Gasteiger partial charge in [0.1, 0.15) is 22.6 Å². The van der Waals surface area contributed by atoms with Crippen LogP contribution in [0.1, 0.15) is 49.0 Å². The van der Waals surface area contributed by atoms with Crippen molar-refractivity contribution in [2.45, 2.75) is 64.7 Å². The number of nitrogens with zero attached hydrogens (tertiary/aromatic N) is 12. The molecule has 71 heavy (non-hydrogen) atoms. The van der Waals surface area contributed by atoms with Gasteiger partial charge in [0, 0.05) is 90.7 Å². The van der Waals surface area contributed by atoms with Crippen LogP contribution in [0.15, 0.2) is 107 Å². The summed E-state index contributed by atoms with van der Waals surface area (Å²) in [6.07, 6.45) is 15.0. The fourth-order valence-electron chi connectivity index (χ4n) is 9.47. The van der Waals surface area contributed by atoms with Gasteiger partial charge in [0.05, 0.1) is 71.0 Å². The first-order valence-electron chi connectivity index (χ1n) is 24.2. The molecule has 2 aliphatic rings. The first-order chi connectivity index (χ1) is 34.4. The Morgan fingerprint density at radius 1 is 0.549 bits per heavy atom. The number of H-pyrrole nitrogens is 2. The van der Waals surface area contributed by atoms with Crippen molar-refractivity contribution < 1.29 is 14.3 Å². The standard InChI is InChI=1S/2C25H29N9O.H2O/c2*1-17-28-14-19(35-17)16-34-23-5-3-2-4-21(23)32-25(34)29-18-7-11-33(12-8-18)13-10-27-24-30-20-6-9-26-15-22(20)31-24;/h2*2-6,9,14-15,18H,7-8,10-13,16H2,1H3,(H,29,32)(H2,27,30,31);1H2. The average molecular weight is 961 g/mol. The number of piperidine rings is 2. The van der Waals surface area contributed by atoms with Crippen LogP contribution >= 0.6 is 0 Å². The highest BCUT2D eigenvalue weighted by molar-refractivity contribution is 5.80. The molecule has 0 amide bonds. The molecule has 2 aromatic carbocycles. The van der Waals surface area contributed by atoms with Gasteiger partial charge in [0.15, 0.2) is 11.8 Å². The second-order valence-corrected chi connectivity index (χ2v) is 18.0. The van der Waals surface area contributed by atoms with E-state index in [1.54, 1.807) is 37.2 Å². The predicted octanol–water partition coefficient (Wildman–Crippen LogP) is 6.46. The van der Waals surface area contributed by atoms with Gasteiger partial charge in [-0.15, -0.1) is 0 Å². The Kier molecular flexibility index (Phi) is 14.1. The fourth-order valence-corrected chi connectivity index (χ4v) is 9.47. The monoisotopic (exact) mass is 961 g/mol. The van der Waals surface area contributed by atoms with E-state index in [0.29, 0.717) is 37.0 Å². The number of rotatable bonds is 16. The molecule has 8 aromatic heterocycles. The SMILES string of the molecule is Cc1ncc(Cn2c(NC3CCN(CCNc4nc5cnccc5[nH]4)CC3)nc3ccccc32)o1.Cc1ncc(Cn2c(NC3CCN(CCNc4nc5cnccc5[nH]4)CC3)nc3ccccc32)o1.O. The van der Waals surface area contributed by atoms with Crippen molar-refractivity contribution in [3.8, 4) is 0 Å². The van der Waals surface area contributed by atoms with E-state index in [-0.39, 0.29) is 5.48 Å². The van der Waals surface area contributed by atoms with E-state index < -0.39 is 0 Å². The summed E-state index contributed by atoms with van der Waals surface area (Å²) < 4.78 is 15.9. The zero-order valence-corrected chi connectivity index (χ0v) is 40.0. The molecule has 0 aliphatic carbocycles. The summed E-state index contributed by atoms with van der Waals surface area (Å²) in [7, 11) is 0. The number of hydrogen-bond donors (Lipinski definition) is 6. The van der Waals surface area contributed by atoms with Gasteiger partial charge in [0.25, 0.3) is 0 Å². The van der Waals surface area contributed by atoms with Crippen LogP contribution in [0.4, 0.5) is 23.8 Å². The quantitative estimate of drug-likeness (QED) is 0.0608. The number of aromatic amines is 2. The molecule has 2 aliphatic heterocycles. The highest BCUT2D eigenvalue weighted by Crippen LogP contribution is 2.26. The van der Waals surface area contributed by atoms with Crippen molar-refractivity contribution in [3.63, 3.8) is 0 Å². The first kappa shape index (κ1) is 46.8. The third-order valence-electron chi connectivity index (χ3n) is 13.1. The number of pyridine rings is 2. The summed E-state index contributed by atoms with van der Waals surface area (Å²) in [4.78, 5) is 47.1. The first-order valence-corrected chi connectivity index (χ1v) is 24.2. The minimum atomic E-state index is 0. The number of likely N-dealkylation sites (tertiary alicyclic amines) is 2. The van der Waals surface area contributed by atoms with E-state index in [2.05, 4.69) is 104 Å². The number of aromatic nitrogens is 12. The number of para-hydroxylation sites is 4. The third kappa shape index (κ3) is 11.1. The number of nitrogens with one attached hydrogen (secondary N) is 6. The number of aryl methyl sites for hydroxylation is 2. The largest absolute Gasteiger partial charge is 0.444 e. The summed E-state index contributed by atoms with van der Waals surface area (Å²) in [5.74, 6) is 6.39. The van der Waals surface area contributed by atoms with Crippen LogP contribution in [0, 0.1) is 13.8 Å². The summed E-state index contributed by atoms with van der Waals surface area (Å²) in [6, 6.07) is 21.1. The number of hydrogen-bond acceptors (Lipinski definition) is 16. The molecule has 21 heteroatoms. The topological polar surface area (TPSA) is 257 Å². The van der Waals surface area contributed by atoms with Crippen LogP contribution in [-0.2, 0) is 13.1 Å². The molecule has 8 N–H and O–H groups in total. The molecule has 12 rings (SSSR count). The Hall–Kier alpha value is -7.88. The van der Waals surface area contributed by atoms with Gasteiger partial charge >= 0.3 is 0 Å². The van der Waals surface area contributed by atoms with E-state index in [1.165, 1.54) is 0 Å². The van der Waals surface area contributed by atoms with Crippen LogP contribution in [0.25, 0.3) is 44.1 Å². The Morgan fingerprint density at radius 3 is 1.39 bits per heavy atom. The van der Waals surface area contributed by atoms with E-state index in [4.69, 9.17) is 18.8 Å². The van der Waals surface area contributed by atoms with Crippen LogP contribution in [-0.4, -0.2) is 139 Å². The molecule has 0 unspecified atom stereocenters. The Labute approximate surface area is 409 Å². The molecule has 0 radical (unpaired) electrons. The molecule has 10 heterocycles. The highest BCUT2D eigenvalue weighted by Gasteiger charge is 2.24. The van der Waals surface area contributed by atoms with Crippen LogP contribution in [0.2, 0.25) is 0 Å². The predicted molar refractivity (Wildman–Crippen MR) is 275 cm³/mol. The van der Waals surface area contributed by atoms with Gasteiger partial charge < -0.3 is 64.5 Å². The van der Waals surface area contributed by atoms with Crippen LogP contribution < -0.4 is 21.3 Å². The molecular formula is C50H60N18O3. The molecule has 0 bridgehead atoms. The second kappa shape index (κ2) is 21.4. The number of oxazole rings is 2. The maximum Gasteiger partial charge on any atom is 0.204 e. The lowest BCUT2D eigenvalue weighted by atomic mass is 10.1. The van der Waals surface area contributed by atoms with Gasteiger partial charge in [0.2, 0.25) is 23.8 Å². The van der Waals surface area contributed by atoms with Gasteiger partial charge in [-0.05, 0) is 62.1 Å². The highest BCUT2D eigenvalue weighted by atomic mass is 16.4. The van der Waals surface area contributed by atoms with Gasteiger partial charge in [-0.25, -0.2) is 29.9 Å². The van der Waals surface area contributed by atoms with E-state index in [1.807, 2.05) is 50.2 Å². The zero-order valence-electron chi connectivity index (χ0n) is 40.0. The second-order valence-electron chi connectivity index (χ2n) is 18.0. The Balaban J connectivity index is 0.000000162. The minimum absolute atomic E-state index is 0. The summed E-state index contributed by atoms with van der Waals surface area (Å²) in [6.45, 7) is 12.8. The van der Waals surface area contributed by atoms with Crippen molar-refractivity contribution in [1.82, 2.24) is 68.8 Å². The average Bonchev–Trinajstić information content (AvgIpc) is 4.26. The summed E-state index contributed by atoms with van der Waals surface area (Å²) in [5, 5.41) is 14.2. The molecule has 10 aromatic rings. The number of anilines is 4. The van der Waals surface area contributed by atoms with Crippen molar-refractivity contribution in [2.24, 2.45) is 0 Å². The van der Waals surface area contributed by atoms with E-state index >= 15 is 0 Å². The Bertz CT molecular complexity index is 3010. The van der Waals surface area contributed by atoms with Gasteiger partial charge in [-0.1, -0.05) is 24.3 Å². The molecule has 0 atom stereocenters. The summed E-state index contributed by atoms with van der Waals surface area (Å²) >= 11 is 0. The van der Waals surface area contributed by atoms with Crippen molar-refractivity contribution >= 4 is 67.9 Å². The molecule has 2 saturated heterocycles. The number of imidazole rings is 4. The maximum absolute atomic E-state index is 5.74. The van der Waals surface area contributed by atoms with Crippen LogP contribution in [0.3, 0.4) is 0 Å². The molecule has 2 fully saturated rings. The maximum atomic E-state index is 5.74. The van der Waals surface area contributed by atoms with Crippen LogP contribution in [0.5, 0.6) is 0 Å². The van der Waals surface area contributed by atoms with Gasteiger partial charge in [-0.2, -0.15) is 0 Å².